The minimum atomic E-state index is -1.04. The quantitative estimate of drug-likeness (QED) is 0.829. The van der Waals surface area contributed by atoms with Crippen LogP contribution in [-0.4, -0.2) is 34.9 Å². The molecule has 1 saturated carbocycles. The van der Waals surface area contributed by atoms with Crippen molar-refractivity contribution in [3.8, 4) is 0 Å². The molecule has 1 heterocycles. The van der Waals surface area contributed by atoms with Gasteiger partial charge in [0.15, 0.2) is 11.5 Å². The largest absolute Gasteiger partial charge is 0.476 e. The Morgan fingerprint density at radius 1 is 1.56 bits per heavy atom. The van der Waals surface area contributed by atoms with E-state index >= 15 is 0 Å². The van der Waals surface area contributed by atoms with E-state index in [0.29, 0.717) is 0 Å². The Balaban J connectivity index is 2.00. The fourth-order valence-electron chi connectivity index (χ4n) is 1.74. The lowest BCUT2D eigenvalue weighted by Crippen LogP contribution is -2.22. The summed E-state index contributed by atoms with van der Waals surface area (Å²) in [5.74, 6) is 1.22. The standard InChI is InChI=1S/C11H15N3O2/c1-7-5-8(7)6-14(2)10-4-3-9(11(15)16)12-13-10/h3-4,7-8H,5-6H2,1-2H3,(H,15,16). The van der Waals surface area contributed by atoms with E-state index in [1.54, 1.807) is 6.07 Å². The fourth-order valence-corrected chi connectivity index (χ4v) is 1.74. The Bertz CT molecular complexity index is 391. The van der Waals surface area contributed by atoms with Gasteiger partial charge < -0.3 is 10.0 Å². The molecule has 0 saturated heterocycles. The number of aromatic nitrogens is 2. The molecule has 1 aliphatic rings. The number of anilines is 1. The Kier molecular flexibility index (Phi) is 2.77. The van der Waals surface area contributed by atoms with Crippen LogP contribution in [0.1, 0.15) is 23.8 Å². The van der Waals surface area contributed by atoms with Crippen molar-refractivity contribution < 1.29 is 9.90 Å². The average molecular weight is 221 g/mol. The maximum Gasteiger partial charge on any atom is 0.356 e. The van der Waals surface area contributed by atoms with Gasteiger partial charge in [0.25, 0.3) is 0 Å². The van der Waals surface area contributed by atoms with Gasteiger partial charge in [-0.15, -0.1) is 10.2 Å². The van der Waals surface area contributed by atoms with Crippen molar-refractivity contribution in [3.63, 3.8) is 0 Å². The zero-order valence-corrected chi connectivity index (χ0v) is 9.42. The molecule has 1 aliphatic carbocycles. The summed E-state index contributed by atoms with van der Waals surface area (Å²) in [6, 6.07) is 3.18. The molecular formula is C11H15N3O2. The van der Waals surface area contributed by atoms with Crippen molar-refractivity contribution in [1.82, 2.24) is 10.2 Å². The first-order chi connectivity index (χ1) is 7.58. The first kappa shape index (κ1) is 10.9. The zero-order valence-electron chi connectivity index (χ0n) is 9.42. The second-order valence-electron chi connectivity index (χ2n) is 4.44. The molecule has 1 aromatic rings. The van der Waals surface area contributed by atoms with Gasteiger partial charge in [-0.3, -0.25) is 0 Å². The summed E-state index contributed by atoms with van der Waals surface area (Å²) in [5.41, 5.74) is -0.0167. The molecule has 5 nitrogen and oxygen atoms in total. The van der Waals surface area contributed by atoms with Gasteiger partial charge in [-0.1, -0.05) is 6.92 Å². The number of rotatable bonds is 4. The van der Waals surface area contributed by atoms with Crippen LogP contribution in [0.25, 0.3) is 0 Å². The lowest BCUT2D eigenvalue weighted by molar-refractivity contribution is 0.0689. The van der Waals surface area contributed by atoms with E-state index in [1.807, 2.05) is 11.9 Å². The van der Waals surface area contributed by atoms with Crippen LogP contribution in [0, 0.1) is 11.8 Å². The minimum absolute atomic E-state index is 0.0167. The smallest absolute Gasteiger partial charge is 0.356 e. The topological polar surface area (TPSA) is 66.3 Å². The first-order valence-corrected chi connectivity index (χ1v) is 5.36. The fraction of sp³-hybridized carbons (Fsp3) is 0.545. The minimum Gasteiger partial charge on any atom is -0.476 e. The third-order valence-corrected chi connectivity index (χ3v) is 3.05. The predicted molar refractivity (Wildman–Crippen MR) is 59.5 cm³/mol. The number of hydrogen-bond acceptors (Lipinski definition) is 4. The van der Waals surface area contributed by atoms with E-state index in [0.717, 1.165) is 24.2 Å². The molecule has 0 spiro atoms. The first-order valence-electron chi connectivity index (χ1n) is 5.36. The molecule has 5 heteroatoms. The van der Waals surface area contributed by atoms with E-state index in [2.05, 4.69) is 17.1 Å². The molecule has 0 radical (unpaired) electrons. The van der Waals surface area contributed by atoms with Crippen LogP contribution >= 0.6 is 0 Å². The van der Waals surface area contributed by atoms with Crippen molar-refractivity contribution in [1.29, 1.82) is 0 Å². The highest BCUT2D eigenvalue weighted by Gasteiger charge is 2.33. The number of carboxylic acids is 1. The molecule has 2 unspecified atom stereocenters. The van der Waals surface area contributed by atoms with Crippen molar-refractivity contribution in [2.45, 2.75) is 13.3 Å². The summed E-state index contributed by atoms with van der Waals surface area (Å²) in [7, 11) is 1.95. The van der Waals surface area contributed by atoms with Crippen molar-refractivity contribution in [2.75, 3.05) is 18.5 Å². The third-order valence-electron chi connectivity index (χ3n) is 3.05. The van der Waals surface area contributed by atoms with Crippen LogP contribution < -0.4 is 4.90 Å². The number of carboxylic acid groups (broad SMARTS) is 1. The number of nitrogens with zero attached hydrogens (tertiary/aromatic N) is 3. The maximum atomic E-state index is 10.6. The number of carbonyl (C=O) groups is 1. The van der Waals surface area contributed by atoms with Crippen molar-refractivity contribution in [2.24, 2.45) is 11.8 Å². The van der Waals surface area contributed by atoms with Crippen LogP contribution in [0.15, 0.2) is 12.1 Å². The van der Waals surface area contributed by atoms with Gasteiger partial charge in [0.05, 0.1) is 0 Å². The summed E-state index contributed by atoms with van der Waals surface area (Å²) in [5, 5.41) is 16.2. The molecule has 1 fully saturated rings. The van der Waals surface area contributed by atoms with Crippen molar-refractivity contribution >= 4 is 11.8 Å². The second kappa shape index (κ2) is 4.08. The summed E-state index contributed by atoms with van der Waals surface area (Å²) in [6.45, 7) is 3.19. The van der Waals surface area contributed by atoms with Gasteiger partial charge in [0.1, 0.15) is 0 Å². The van der Waals surface area contributed by atoms with Gasteiger partial charge in [0.2, 0.25) is 0 Å². The van der Waals surface area contributed by atoms with Crippen LogP contribution in [0.4, 0.5) is 5.82 Å². The van der Waals surface area contributed by atoms with Gasteiger partial charge in [-0.25, -0.2) is 4.79 Å². The van der Waals surface area contributed by atoms with E-state index in [1.165, 1.54) is 12.5 Å². The van der Waals surface area contributed by atoms with Gasteiger partial charge in [-0.2, -0.15) is 0 Å². The van der Waals surface area contributed by atoms with Crippen LogP contribution in [0.3, 0.4) is 0 Å². The second-order valence-corrected chi connectivity index (χ2v) is 4.44. The van der Waals surface area contributed by atoms with E-state index in [-0.39, 0.29) is 5.69 Å². The Labute approximate surface area is 94.1 Å². The monoisotopic (exact) mass is 221 g/mol. The van der Waals surface area contributed by atoms with Crippen LogP contribution in [0.2, 0.25) is 0 Å². The highest BCUT2D eigenvalue weighted by Crippen LogP contribution is 2.38. The molecule has 1 N–H and O–H groups in total. The summed E-state index contributed by atoms with van der Waals surface area (Å²) in [6.07, 6.45) is 1.27. The molecule has 2 rings (SSSR count). The lowest BCUT2D eigenvalue weighted by atomic mass is 10.3. The summed E-state index contributed by atoms with van der Waals surface area (Å²) >= 11 is 0. The molecule has 1 aromatic heterocycles. The normalized spacial score (nSPS) is 22.9. The molecule has 0 amide bonds. The summed E-state index contributed by atoms with van der Waals surface area (Å²) < 4.78 is 0. The lowest BCUT2D eigenvalue weighted by Gasteiger charge is -2.17. The Morgan fingerprint density at radius 2 is 2.25 bits per heavy atom. The maximum absolute atomic E-state index is 10.6. The van der Waals surface area contributed by atoms with E-state index in [9.17, 15) is 4.79 Å². The van der Waals surface area contributed by atoms with Gasteiger partial charge in [-0.05, 0) is 30.4 Å². The Hall–Kier alpha value is -1.65. The molecule has 86 valence electrons. The summed E-state index contributed by atoms with van der Waals surface area (Å²) in [4.78, 5) is 12.6. The molecule has 0 bridgehead atoms. The molecule has 0 aromatic carbocycles. The van der Waals surface area contributed by atoms with Crippen LogP contribution in [0.5, 0.6) is 0 Å². The van der Waals surface area contributed by atoms with Gasteiger partial charge >= 0.3 is 5.97 Å². The average Bonchev–Trinajstić information content (AvgIpc) is 2.94. The van der Waals surface area contributed by atoms with E-state index < -0.39 is 5.97 Å². The van der Waals surface area contributed by atoms with E-state index in [4.69, 9.17) is 5.11 Å². The highest BCUT2D eigenvalue weighted by atomic mass is 16.4. The number of hydrogen-bond donors (Lipinski definition) is 1. The number of aromatic carboxylic acids is 1. The molecular weight excluding hydrogens is 206 g/mol. The highest BCUT2D eigenvalue weighted by molar-refractivity contribution is 5.85. The van der Waals surface area contributed by atoms with Gasteiger partial charge in [0, 0.05) is 13.6 Å². The molecule has 0 aliphatic heterocycles. The molecule has 2 atom stereocenters. The van der Waals surface area contributed by atoms with Crippen LogP contribution in [-0.2, 0) is 0 Å². The SMILES string of the molecule is CC1CC1CN(C)c1ccc(C(=O)O)nn1. The van der Waals surface area contributed by atoms with Crippen molar-refractivity contribution in [3.05, 3.63) is 17.8 Å². The Morgan fingerprint density at radius 3 is 2.69 bits per heavy atom. The third kappa shape index (κ3) is 2.29. The molecule has 16 heavy (non-hydrogen) atoms. The zero-order chi connectivity index (χ0) is 11.7. The predicted octanol–water partition coefficient (Wildman–Crippen LogP) is 1.27.